The monoisotopic (exact) mass is 375 g/mol. The molecule has 2 N–H and O–H groups in total. The lowest BCUT2D eigenvalue weighted by Gasteiger charge is -2.21. The van der Waals surface area contributed by atoms with Crippen LogP contribution in [-0.2, 0) is 13.1 Å². The van der Waals surface area contributed by atoms with Crippen LogP contribution >= 0.6 is 11.6 Å². The first-order chi connectivity index (χ1) is 12.5. The minimum Gasteiger partial charge on any atom is -0.368 e. The molecule has 0 radical (unpaired) electrons. The van der Waals surface area contributed by atoms with Gasteiger partial charge in [-0.2, -0.15) is 15.0 Å². The van der Waals surface area contributed by atoms with Crippen LogP contribution < -0.4 is 10.6 Å². The minimum absolute atomic E-state index is 0.276. The molecular formula is C18H26ClN7. The predicted octanol–water partition coefficient (Wildman–Crippen LogP) is 1.88. The van der Waals surface area contributed by atoms with E-state index >= 15 is 0 Å². The lowest BCUT2D eigenvalue weighted by molar-refractivity contribution is 0.243. The number of nitrogens with two attached hydrogens (primary N) is 1. The highest BCUT2D eigenvalue weighted by atomic mass is 35.5. The molecular weight excluding hydrogens is 350 g/mol. The van der Waals surface area contributed by atoms with E-state index < -0.39 is 0 Å². The number of hydrogen-bond donors (Lipinski definition) is 1. The number of benzene rings is 1. The number of halogens is 1. The van der Waals surface area contributed by atoms with E-state index in [1.54, 1.807) is 0 Å². The third-order valence-corrected chi connectivity index (χ3v) is 4.70. The van der Waals surface area contributed by atoms with Crippen LogP contribution in [0.3, 0.4) is 0 Å². The van der Waals surface area contributed by atoms with Gasteiger partial charge in [0.25, 0.3) is 0 Å². The van der Waals surface area contributed by atoms with Crippen molar-refractivity contribution in [3.05, 3.63) is 40.7 Å². The first-order valence-electron chi connectivity index (χ1n) is 8.86. The van der Waals surface area contributed by atoms with E-state index in [0.717, 1.165) is 50.0 Å². The molecule has 1 aromatic carbocycles. The highest BCUT2D eigenvalue weighted by Crippen LogP contribution is 2.14. The Hall–Kier alpha value is -1.96. The molecule has 7 nitrogen and oxygen atoms in total. The largest absolute Gasteiger partial charge is 0.368 e. The van der Waals surface area contributed by atoms with Gasteiger partial charge in [-0.15, -0.1) is 0 Å². The molecule has 8 heteroatoms. The molecule has 2 heterocycles. The van der Waals surface area contributed by atoms with Gasteiger partial charge < -0.3 is 10.6 Å². The van der Waals surface area contributed by atoms with Gasteiger partial charge in [-0.05, 0) is 37.2 Å². The van der Waals surface area contributed by atoms with Crippen molar-refractivity contribution in [2.45, 2.75) is 19.5 Å². The molecule has 0 spiro atoms. The van der Waals surface area contributed by atoms with Gasteiger partial charge in [0.15, 0.2) is 0 Å². The summed E-state index contributed by atoms with van der Waals surface area (Å²) in [7, 11) is 3.80. The molecule has 2 aromatic rings. The predicted molar refractivity (Wildman–Crippen MR) is 105 cm³/mol. The van der Waals surface area contributed by atoms with Crippen LogP contribution in [-0.4, -0.2) is 65.0 Å². The lowest BCUT2D eigenvalue weighted by atomic mass is 10.2. The highest BCUT2D eigenvalue weighted by molar-refractivity contribution is 6.30. The van der Waals surface area contributed by atoms with Gasteiger partial charge in [0.05, 0.1) is 6.54 Å². The highest BCUT2D eigenvalue weighted by Gasteiger charge is 2.17. The number of aromatic nitrogens is 3. The Bertz CT molecular complexity index is 720. The molecule has 1 saturated heterocycles. The summed E-state index contributed by atoms with van der Waals surface area (Å²) in [5.41, 5.74) is 7.12. The van der Waals surface area contributed by atoms with Crippen LogP contribution in [0.2, 0.25) is 5.02 Å². The Morgan fingerprint density at radius 2 is 1.62 bits per heavy atom. The van der Waals surface area contributed by atoms with Crippen LogP contribution in [0.1, 0.15) is 17.8 Å². The second-order valence-corrected chi connectivity index (χ2v) is 7.27. The van der Waals surface area contributed by atoms with Gasteiger partial charge in [-0.3, -0.25) is 9.80 Å². The first-order valence-corrected chi connectivity index (χ1v) is 9.24. The molecule has 0 atom stereocenters. The fraction of sp³-hybridized carbons (Fsp3) is 0.500. The van der Waals surface area contributed by atoms with E-state index in [1.165, 1.54) is 5.56 Å². The van der Waals surface area contributed by atoms with Crippen LogP contribution in [0.4, 0.5) is 11.9 Å². The molecule has 0 unspecified atom stereocenters. The average Bonchev–Trinajstić information content (AvgIpc) is 2.82. The van der Waals surface area contributed by atoms with Gasteiger partial charge in [-0.1, -0.05) is 23.7 Å². The number of nitrogen functional groups attached to an aromatic ring is 1. The standard InChI is InChI=1S/C18H26ClN7/c1-24(2)18-22-16(21-17(20)23-18)13-26-9-3-8-25(10-11-26)12-14-4-6-15(19)7-5-14/h4-7H,3,8-13H2,1-2H3,(H2,20,21,22,23). The maximum atomic E-state index is 5.97. The summed E-state index contributed by atoms with van der Waals surface area (Å²) in [6.45, 7) is 5.76. The van der Waals surface area contributed by atoms with Gasteiger partial charge in [0, 0.05) is 38.8 Å². The summed E-state index contributed by atoms with van der Waals surface area (Å²) < 4.78 is 0. The maximum absolute atomic E-state index is 5.97. The zero-order valence-corrected chi connectivity index (χ0v) is 16.2. The summed E-state index contributed by atoms with van der Waals surface area (Å²) in [6.07, 6.45) is 1.12. The molecule has 1 aliphatic rings. The SMILES string of the molecule is CN(C)c1nc(N)nc(CN2CCCN(Cc3ccc(Cl)cc3)CC2)n1. The van der Waals surface area contributed by atoms with Crippen molar-refractivity contribution < 1.29 is 0 Å². The van der Waals surface area contributed by atoms with Gasteiger partial charge in [0.2, 0.25) is 11.9 Å². The Labute approximate surface area is 159 Å². The van der Waals surface area contributed by atoms with Crippen LogP contribution in [0.15, 0.2) is 24.3 Å². The third kappa shape index (κ3) is 5.27. The van der Waals surface area contributed by atoms with Crippen LogP contribution in [0, 0.1) is 0 Å². The van der Waals surface area contributed by atoms with E-state index in [1.807, 2.05) is 31.1 Å². The van der Waals surface area contributed by atoms with E-state index in [4.69, 9.17) is 17.3 Å². The van der Waals surface area contributed by atoms with Crippen molar-refractivity contribution in [3.63, 3.8) is 0 Å². The van der Waals surface area contributed by atoms with Crippen molar-refractivity contribution in [1.29, 1.82) is 0 Å². The average molecular weight is 376 g/mol. The molecule has 1 fully saturated rings. The van der Waals surface area contributed by atoms with E-state index in [2.05, 4.69) is 36.9 Å². The number of rotatable bonds is 5. The van der Waals surface area contributed by atoms with Crippen molar-refractivity contribution in [1.82, 2.24) is 24.8 Å². The normalized spacial score (nSPS) is 16.4. The first kappa shape index (κ1) is 18.8. The molecule has 26 heavy (non-hydrogen) atoms. The van der Waals surface area contributed by atoms with Crippen LogP contribution in [0.25, 0.3) is 0 Å². The van der Waals surface area contributed by atoms with E-state index in [-0.39, 0.29) is 5.95 Å². The molecule has 0 bridgehead atoms. The Morgan fingerprint density at radius 3 is 2.27 bits per heavy atom. The maximum Gasteiger partial charge on any atom is 0.229 e. The van der Waals surface area contributed by atoms with E-state index in [0.29, 0.717) is 12.5 Å². The number of hydrogen-bond acceptors (Lipinski definition) is 7. The summed E-state index contributed by atoms with van der Waals surface area (Å²) >= 11 is 5.97. The number of nitrogens with zero attached hydrogens (tertiary/aromatic N) is 6. The summed E-state index contributed by atoms with van der Waals surface area (Å²) in [4.78, 5) is 19.7. The third-order valence-electron chi connectivity index (χ3n) is 4.45. The van der Waals surface area contributed by atoms with Gasteiger partial charge >= 0.3 is 0 Å². The molecule has 1 aromatic heterocycles. The number of anilines is 2. The molecule has 3 rings (SSSR count). The Kier molecular flexibility index (Phi) is 6.24. The minimum atomic E-state index is 0.276. The second-order valence-electron chi connectivity index (χ2n) is 6.84. The quantitative estimate of drug-likeness (QED) is 0.855. The molecule has 140 valence electrons. The van der Waals surface area contributed by atoms with Crippen molar-refractivity contribution in [2.24, 2.45) is 0 Å². The zero-order chi connectivity index (χ0) is 18.5. The van der Waals surface area contributed by atoms with E-state index in [9.17, 15) is 0 Å². The summed E-state index contributed by atoms with van der Waals surface area (Å²) in [6, 6.07) is 8.10. The van der Waals surface area contributed by atoms with Crippen molar-refractivity contribution in [2.75, 3.05) is 50.9 Å². The molecule has 0 amide bonds. The smallest absolute Gasteiger partial charge is 0.229 e. The summed E-state index contributed by atoms with van der Waals surface area (Å²) in [5.74, 6) is 1.61. The Morgan fingerprint density at radius 1 is 0.962 bits per heavy atom. The zero-order valence-electron chi connectivity index (χ0n) is 15.4. The van der Waals surface area contributed by atoms with Gasteiger partial charge in [0.1, 0.15) is 5.82 Å². The van der Waals surface area contributed by atoms with Crippen molar-refractivity contribution in [3.8, 4) is 0 Å². The second kappa shape index (κ2) is 8.62. The molecule has 0 saturated carbocycles. The molecule has 1 aliphatic heterocycles. The topological polar surface area (TPSA) is 74.4 Å². The summed E-state index contributed by atoms with van der Waals surface area (Å²) in [5, 5.41) is 0.782. The van der Waals surface area contributed by atoms with Crippen LogP contribution in [0.5, 0.6) is 0 Å². The molecule has 0 aliphatic carbocycles. The fourth-order valence-corrected chi connectivity index (χ4v) is 3.21. The van der Waals surface area contributed by atoms with Gasteiger partial charge in [-0.25, -0.2) is 0 Å². The lowest BCUT2D eigenvalue weighted by Crippen LogP contribution is -2.31. The fourth-order valence-electron chi connectivity index (χ4n) is 3.08. The Balaban J connectivity index is 1.57. The van der Waals surface area contributed by atoms with Crippen molar-refractivity contribution >= 4 is 23.5 Å².